The van der Waals surface area contributed by atoms with Gasteiger partial charge in [-0.3, -0.25) is 10.8 Å². The molecule has 0 saturated heterocycles. The summed E-state index contributed by atoms with van der Waals surface area (Å²) in [5.41, 5.74) is 3.92. The monoisotopic (exact) mass is 301 g/mol. The highest BCUT2D eigenvalue weighted by molar-refractivity contribution is 6.30. The number of aromatic nitrogens is 1. The molecule has 3 rings (SSSR count). The Morgan fingerprint density at radius 3 is 2.81 bits per heavy atom. The van der Waals surface area contributed by atoms with E-state index in [0.29, 0.717) is 10.6 Å². The molecule has 5 heteroatoms. The van der Waals surface area contributed by atoms with Gasteiger partial charge in [0.15, 0.2) is 0 Å². The van der Waals surface area contributed by atoms with Gasteiger partial charge in [-0.25, -0.2) is 9.82 Å². The van der Waals surface area contributed by atoms with Crippen molar-refractivity contribution < 1.29 is 4.39 Å². The summed E-state index contributed by atoms with van der Waals surface area (Å²) >= 11 is 5.98. The molecular weight excluding hydrogens is 289 g/mol. The zero-order chi connectivity index (χ0) is 14.8. The summed E-state index contributed by atoms with van der Waals surface area (Å²) in [6.07, 6.45) is 3.47. The van der Waals surface area contributed by atoms with Crippen LogP contribution in [0.15, 0.2) is 54.9 Å². The second-order valence-corrected chi connectivity index (χ2v) is 5.15. The minimum Gasteiger partial charge on any atom is -0.271 e. The SMILES string of the molecule is NNC(c1cc(Cl)ccc1F)c1cccc2ccncc12. The third kappa shape index (κ3) is 2.61. The third-order valence-electron chi connectivity index (χ3n) is 3.46. The molecule has 106 valence electrons. The number of halogens is 2. The molecule has 0 spiro atoms. The summed E-state index contributed by atoms with van der Waals surface area (Å²) in [7, 11) is 0. The van der Waals surface area contributed by atoms with Gasteiger partial charge in [-0.05, 0) is 35.2 Å². The van der Waals surface area contributed by atoms with Crippen LogP contribution >= 0.6 is 11.6 Å². The van der Waals surface area contributed by atoms with Crippen molar-refractivity contribution in [1.82, 2.24) is 10.4 Å². The Morgan fingerprint density at radius 2 is 2.00 bits per heavy atom. The average Bonchev–Trinajstić information content (AvgIpc) is 2.51. The summed E-state index contributed by atoms with van der Waals surface area (Å²) in [5, 5.41) is 2.40. The van der Waals surface area contributed by atoms with Crippen molar-refractivity contribution in [2.24, 2.45) is 5.84 Å². The van der Waals surface area contributed by atoms with Crippen LogP contribution < -0.4 is 11.3 Å². The Labute approximate surface area is 126 Å². The molecule has 3 N–H and O–H groups in total. The van der Waals surface area contributed by atoms with Gasteiger partial charge in [0.05, 0.1) is 6.04 Å². The Hall–Kier alpha value is -2.01. The largest absolute Gasteiger partial charge is 0.271 e. The fourth-order valence-corrected chi connectivity index (χ4v) is 2.65. The summed E-state index contributed by atoms with van der Waals surface area (Å²) < 4.78 is 14.1. The summed E-state index contributed by atoms with van der Waals surface area (Å²) in [6.45, 7) is 0. The van der Waals surface area contributed by atoms with Crippen molar-refractivity contribution >= 4 is 22.4 Å². The van der Waals surface area contributed by atoms with Gasteiger partial charge < -0.3 is 0 Å². The van der Waals surface area contributed by atoms with E-state index >= 15 is 0 Å². The van der Waals surface area contributed by atoms with Gasteiger partial charge in [0.2, 0.25) is 0 Å². The van der Waals surface area contributed by atoms with Crippen molar-refractivity contribution in [2.45, 2.75) is 6.04 Å². The van der Waals surface area contributed by atoms with Crippen LogP contribution in [-0.4, -0.2) is 4.98 Å². The van der Waals surface area contributed by atoms with Crippen molar-refractivity contribution in [3.8, 4) is 0 Å². The van der Waals surface area contributed by atoms with Gasteiger partial charge in [0, 0.05) is 28.4 Å². The molecule has 3 nitrogen and oxygen atoms in total. The van der Waals surface area contributed by atoms with Gasteiger partial charge in [0.1, 0.15) is 5.82 Å². The number of hydrazine groups is 1. The lowest BCUT2D eigenvalue weighted by atomic mass is 9.95. The molecule has 0 amide bonds. The van der Waals surface area contributed by atoms with E-state index < -0.39 is 6.04 Å². The van der Waals surface area contributed by atoms with Gasteiger partial charge in [-0.1, -0.05) is 29.8 Å². The summed E-state index contributed by atoms with van der Waals surface area (Å²) in [5.74, 6) is 5.31. The number of hydrogen-bond donors (Lipinski definition) is 2. The molecule has 0 bridgehead atoms. The molecule has 2 aromatic carbocycles. The molecule has 0 radical (unpaired) electrons. The highest BCUT2D eigenvalue weighted by Gasteiger charge is 2.19. The number of fused-ring (bicyclic) bond motifs is 1. The molecular formula is C16H13ClFN3. The first-order chi connectivity index (χ1) is 10.2. The Kier molecular flexibility index (Phi) is 3.84. The number of nitrogens with one attached hydrogen (secondary N) is 1. The molecule has 0 fully saturated rings. The molecule has 21 heavy (non-hydrogen) atoms. The molecule has 1 aromatic heterocycles. The van der Waals surface area contributed by atoms with Gasteiger partial charge >= 0.3 is 0 Å². The van der Waals surface area contributed by atoms with Crippen LogP contribution in [-0.2, 0) is 0 Å². The molecule has 1 atom stereocenters. The quantitative estimate of drug-likeness (QED) is 0.574. The number of nitrogens with zero attached hydrogens (tertiary/aromatic N) is 1. The molecule has 1 heterocycles. The highest BCUT2D eigenvalue weighted by Crippen LogP contribution is 2.30. The first kappa shape index (κ1) is 13.9. The van der Waals surface area contributed by atoms with Crippen LogP contribution in [0.1, 0.15) is 17.2 Å². The fourth-order valence-electron chi connectivity index (χ4n) is 2.47. The van der Waals surface area contributed by atoms with E-state index in [9.17, 15) is 4.39 Å². The van der Waals surface area contributed by atoms with Crippen LogP contribution in [0.5, 0.6) is 0 Å². The topological polar surface area (TPSA) is 50.9 Å². The molecule has 3 aromatic rings. The molecule has 0 saturated carbocycles. The summed E-state index contributed by atoms with van der Waals surface area (Å²) in [6, 6.07) is 11.6. The lowest BCUT2D eigenvalue weighted by Crippen LogP contribution is -2.29. The Balaban J connectivity index is 2.21. The fraction of sp³-hybridized carbons (Fsp3) is 0.0625. The van der Waals surface area contributed by atoms with E-state index in [1.165, 1.54) is 12.1 Å². The first-order valence-corrected chi connectivity index (χ1v) is 6.82. The zero-order valence-electron chi connectivity index (χ0n) is 11.1. The van der Waals surface area contributed by atoms with E-state index in [1.54, 1.807) is 18.5 Å². The van der Waals surface area contributed by atoms with Crippen LogP contribution in [0.2, 0.25) is 5.02 Å². The lowest BCUT2D eigenvalue weighted by molar-refractivity contribution is 0.562. The zero-order valence-corrected chi connectivity index (χ0v) is 11.8. The van der Waals surface area contributed by atoms with Gasteiger partial charge in [0.25, 0.3) is 0 Å². The van der Waals surface area contributed by atoms with Crippen LogP contribution in [0, 0.1) is 5.82 Å². The second-order valence-electron chi connectivity index (χ2n) is 4.71. The Morgan fingerprint density at radius 1 is 1.14 bits per heavy atom. The minimum atomic E-state index is -0.503. The number of nitrogens with two attached hydrogens (primary N) is 1. The number of hydrogen-bond acceptors (Lipinski definition) is 3. The molecule has 0 aliphatic carbocycles. The standard InChI is InChI=1S/C16H13ClFN3/c17-11-4-5-15(18)13(8-11)16(21-19)12-3-1-2-10-6-7-20-9-14(10)12/h1-9,16,21H,19H2. The van der Waals surface area contributed by atoms with E-state index in [-0.39, 0.29) is 5.82 Å². The maximum absolute atomic E-state index is 14.1. The van der Waals surface area contributed by atoms with Crippen molar-refractivity contribution in [2.75, 3.05) is 0 Å². The van der Waals surface area contributed by atoms with Crippen molar-refractivity contribution in [3.63, 3.8) is 0 Å². The van der Waals surface area contributed by atoms with E-state index in [2.05, 4.69) is 10.4 Å². The molecule has 0 aliphatic rings. The molecule has 1 unspecified atom stereocenters. The maximum Gasteiger partial charge on any atom is 0.128 e. The predicted molar refractivity (Wildman–Crippen MR) is 82.3 cm³/mol. The van der Waals surface area contributed by atoms with Crippen LogP contribution in [0.4, 0.5) is 4.39 Å². The lowest BCUT2D eigenvalue weighted by Gasteiger charge is -2.19. The first-order valence-electron chi connectivity index (χ1n) is 6.44. The summed E-state index contributed by atoms with van der Waals surface area (Å²) in [4.78, 5) is 4.14. The van der Waals surface area contributed by atoms with Crippen LogP contribution in [0.25, 0.3) is 10.8 Å². The smallest absolute Gasteiger partial charge is 0.128 e. The van der Waals surface area contributed by atoms with Gasteiger partial charge in [-0.2, -0.15) is 0 Å². The molecule has 0 aliphatic heterocycles. The Bertz CT molecular complexity index is 786. The van der Waals surface area contributed by atoms with Crippen LogP contribution in [0.3, 0.4) is 0 Å². The van der Waals surface area contributed by atoms with Crippen molar-refractivity contribution in [1.29, 1.82) is 0 Å². The predicted octanol–water partition coefficient (Wildman–Crippen LogP) is 3.58. The second kappa shape index (κ2) is 5.77. The number of rotatable bonds is 3. The van der Waals surface area contributed by atoms with E-state index in [0.717, 1.165) is 16.3 Å². The number of pyridine rings is 1. The van der Waals surface area contributed by atoms with Crippen molar-refractivity contribution in [3.05, 3.63) is 76.8 Å². The third-order valence-corrected chi connectivity index (χ3v) is 3.70. The average molecular weight is 302 g/mol. The van der Waals surface area contributed by atoms with Gasteiger partial charge in [-0.15, -0.1) is 0 Å². The minimum absolute atomic E-state index is 0.358. The van der Waals surface area contributed by atoms with E-state index in [1.807, 2.05) is 24.3 Å². The normalized spacial score (nSPS) is 12.5. The number of benzene rings is 2. The highest BCUT2D eigenvalue weighted by atomic mass is 35.5. The maximum atomic E-state index is 14.1. The van der Waals surface area contributed by atoms with E-state index in [4.69, 9.17) is 17.4 Å².